The molecule has 4 aliphatic rings. The Morgan fingerprint density at radius 1 is 1.27 bits per heavy atom. The van der Waals surface area contributed by atoms with Gasteiger partial charge in [-0.25, -0.2) is 5.26 Å². The molecule has 4 saturated carbocycles. The number of carbonyl (C=O) groups is 1. The van der Waals surface area contributed by atoms with Gasteiger partial charge in [0.2, 0.25) is 0 Å². The van der Waals surface area contributed by atoms with Gasteiger partial charge in [-0.15, -0.1) is 4.33 Å². The first-order valence-electron chi connectivity index (χ1n) is 7.25. The van der Waals surface area contributed by atoms with E-state index in [1.807, 2.05) is 0 Å². The Balaban J connectivity index is 1.57. The molecule has 22 heavy (non-hydrogen) atoms. The highest BCUT2D eigenvalue weighted by atomic mass is 32.2. The molecule has 126 valence electrons. The molecular weight excluding hydrogens is 322 g/mol. The number of hydrogen-bond donors (Lipinski definition) is 2. The summed E-state index contributed by atoms with van der Waals surface area (Å²) in [6, 6.07) is 0. The van der Waals surface area contributed by atoms with Crippen molar-refractivity contribution in [1.29, 1.82) is 0 Å². The van der Waals surface area contributed by atoms with Crippen LogP contribution in [0.25, 0.3) is 0 Å². The van der Waals surface area contributed by atoms with Crippen molar-refractivity contribution in [3.05, 3.63) is 0 Å². The lowest BCUT2D eigenvalue weighted by molar-refractivity contribution is -0.433. The monoisotopic (exact) mass is 340 g/mol. The highest BCUT2D eigenvalue weighted by Crippen LogP contribution is 2.58. The molecule has 4 rings (SSSR count). The van der Waals surface area contributed by atoms with Crippen LogP contribution >= 0.6 is 12.0 Å². The molecule has 0 aromatic carbocycles. The van der Waals surface area contributed by atoms with Gasteiger partial charge in [0, 0.05) is 0 Å². The molecule has 4 aliphatic carbocycles. The van der Waals surface area contributed by atoms with E-state index in [9.17, 15) is 18.7 Å². The lowest BCUT2D eigenvalue weighted by Gasteiger charge is -2.57. The number of hydrogen-bond acceptors (Lipinski definition) is 7. The molecule has 2 atom stereocenters. The van der Waals surface area contributed by atoms with Crippen LogP contribution in [0, 0.1) is 23.7 Å². The topological polar surface area (TPSA) is 85.2 Å². The average Bonchev–Trinajstić information content (AvgIpc) is 2.41. The zero-order valence-corrected chi connectivity index (χ0v) is 12.6. The van der Waals surface area contributed by atoms with Gasteiger partial charge >= 0.3 is 11.2 Å². The van der Waals surface area contributed by atoms with Gasteiger partial charge in [0.1, 0.15) is 12.0 Å². The first-order chi connectivity index (χ1) is 10.3. The fourth-order valence-electron chi connectivity index (χ4n) is 4.71. The maximum absolute atomic E-state index is 13.3. The van der Waals surface area contributed by atoms with E-state index >= 15 is 0 Å². The molecule has 2 N–H and O–H groups in total. The van der Waals surface area contributed by atoms with Crippen LogP contribution in [0.15, 0.2) is 0 Å². The number of rotatable bonds is 6. The van der Waals surface area contributed by atoms with Crippen LogP contribution in [-0.4, -0.2) is 33.8 Å². The Hall–Kier alpha value is -0.480. The van der Waals surface area contributed by atoms with Crippen molar-refractivity contribution < 1.29 is 38.0 Å². The van der Waals surface area contributed by atoms with Crippen LogP contribution in [0.3, 0.4) is 0 Å². The molecule has 0 aromatic rings. The molecule has 0 amide bonds. The van der Waals surface area contributed by atoms with Gasteiger partial charge in [0.25, 0.3) is 0 Å². The largest absolute Gasteiger partial charge is 0.458 e. The SMILES string of the molecule is O=C(OCC(F)(F)SOOO)C1C2CC3CC1CC(O)(C3)C2. The van der Waals surface area contributed by atoms with Gasteiger partial charge in [-0.3, -0.25) is 4.79 Å². The number of halogens is 2. The fourth-order valence-corrected chi connectivity index (χ4v) is 4.94. The molecule has 4 fully saturated rings. The van der Waals surface area contributed by atoms with Crippen molar-refractivity contribution in [1.82, 2.24) is 0 Å². The number of ether oxygens (including phenoxy) is 1. The standard InChI is InChI=1S/C13H18F2O6S/c14-13(15,22-21-20-18)6-19-11(16)10-8-1-7-2-9(10)5-12(17,3-7)4-8/h7-10,17-18H,1-6H2. The van der Waals surface area contributed by atoms with Crippen molar-refractivity contribution in [3.8, 4) is 0 Å². The van der Waals surface area contributed by atoms with Crippen molar-refractivity contribution in [3.63, 3.8) is 0 Å². The smallest absolute Gasteiger partial charge is 0.354 e. The van der Waals surface area contributed by atoms with Crippen molar-refractivity contribution >= 4 is 18.0 Å². The molecule has 0 radical (unpaired) electrons. The van der Waals surface area contributed by atoms with Gasteiger partial charge < -0.3 is 9.84 Å². The van der Waals surface area contributed by atoms with E-state index in [0.717, 1.165) is 19.3 Å². The minimum Gasteiger partial charge on any atom is -0.458 e. The third-order valence-corrected chi connectivity index (χ3v) is 5.57. The molecule has 0 heterocycles. The van der Waals surface area contributed by atoms with E-state index in [-0.39, 0.29) is 11.8 Å². The molecule has 0 aliphatic heterocycles. The normalized spacial score (nSPS) is 40.0. The molecule has 4 bridgehead atoms. The van der Waals surface area contributed by atoms with Crippen molar-refractivity contribution in [2.45, 2.75) is 43.0 Å². The minimum atomic E-state index is -3.51. The number of carbonyl (C=O) groups excluding carboxylic acids is 1. The van der Waals surface area contributed by atoms with E-state index in [0.29, 0.717) is 18.8 Å². The van der Waals surface area contributed by atoms with Crippen LogP contribution in [-0.2, 0) is 18.9 Å². The van der Waals surface area contributed by atoms with Crippen LogP contribution < -0.4 is 0 Å². The van der Waals surface area contributed by atoms with E-state index in [4.69, 9.17) is 9.99 Å². The molecule has 6 nitrogen and oxygen atoms in total. The second-order valence-corrected chi connectivity index (χ2v) is 7.59. The van der Waals surface area contributed by atoms with Gasteiger partial charge in [-0.2, -0.15) is 8.78 Å². The van der Waals surface area contributed by atoms with Gasteiger partial charge in [0.15, 0.2) is 6.61 Å². The highest BCUT2D eigenvalue weighted by Gasteiger charge is 2.57. The first kappa shape index (κ1) is 16.4. The summed E-state index contributed by atoms with van der Waals surface area (Å²) in [7, 11) is 0. The lowest BCUT2D eigenvalue weighted by Crippen LogP contribution is -2.56. The Morgan fingerprint density at radius 2 is 1.91 bits per heavy atom. The maximum atomic E-state index is 13.3. The van der Waals surface area contributed by atoms with Gasteiger partial charge in [-0.05, 0) is 49.9 Å². The molecule has 9 heteroatoms. The Labute approximate surface area is 130 Å². The van der Waals surface area contributed by atoms with Crippen molar-refractivity contribution in [2.75, 3.05) is 6.61 Å². The Bertz CT molecular complexity index is 432. The third kappa shape index (κ3) is 3.23. The van der Waals surface area contributed by atoms with Crippen LogP contribution in [0.5, 0.6) is 0 Å². The van der Waals surface area contributed by atoms with Crippen LogP contribution in [0.1, 0.15) is 32.1 Å². The Kier molecular flexibility index (Phi) is 4.36. The predicted octanol–water partition coefficient (Wildman–Crippen LogP) is 2.38. The predicted molar refractivity (Wildman–Crippen MR) is 70.3 cm³/mol. The summed E-state index contributed by atoms with van der Waals surface area (Å²) < 4.78 is 35.0. The fraction of sp³-hybridized carbons (Fsp3) is 0.923. The molecular formula is C13H18F2O6S. The van der Waals surface area contributed by atoms with Crippen molar-refractivity contribution in [2.24, 2.45) is 23.7 Å². The third-order valence-electron chi connectivity index (χ3n) is 5.08. The van der Waals surface area contributed by atoms with Gasteiger partial charge in [0.05, 0.1) is 11.5 Å². The van der Waals surface area contributed by atoms with Gasteiger partial charge in [-0.1, -0.05) is 5.04 Å². The average molecular weight is 340 g/mol. The maximum Gasteiger partial charge on any atom is 0.354 e. The number of esters is 1. The van der Waals surface area contributed by atoms with Crippen LogP contribution in [0.2, 0.25) is 0 Å². The molecule has 0 spiro atoms. The zero-order chi connectivity index (χ0) is 16.0. The van der Waals surface area contributed by atoms with E-state index in [1.54, 1.807) is 0 Å². The second-order valence-electron chi connectivity index (χ2n) is 6.69. The number of aliphatic hydroxyl groups is 1. The number of alkyl halides is 2. The quantitative estimate of drug-likeness (QED) is 0.332. The first-order valence-corrected chi connectivity index (χ1v) is 7.99. The second kappa shape index (κ2) is 5.86. The summed E-state index contributed by atoms with van der Waals surface area (Å²) in [5.41, 5.74) is -0.681. The summed E-state index contributed by atoms with van der Waals surface area (Å²) in [5.74, 6) is -0.585. The lowest BCUT2D eigenvalue weighted by atomic mass is 9.50. The minimum absolute atomic E-state index is 0.0158. The summed E-state index contributed by atoms with van der Waals surface area (Å²) in [4.78, 5) is 12.2. The summed E-state index contributed by atoms with van der Waals surface area (Å²) >= 11 is -0.427. The van der Waals surface area contributed by atoms with E-state index < -0.39 is 41.4 Å². The summed E-state index contributed by atoms with van der Waals surface area (Å²) in [6.45, 7) is -1.15. The molecule has 0 aromatic heterocycles. The highest BCUT2D eigenvalue weighted by molar-refractivity contribution is 7.95. The summed E-state index contributed by atoms with van der Waals surface area (Å²) in [6.07, 6.45) is 3.59. The summed E-state index contributed by atoms with van der Waals surface area (Å²) in [5, 5.41) is 17.9. The van der Waals surface area contributed by atoms with Crippen LogP contribution in [0.4, 0.5) is 8.78 Å². The zero-order valence-electron chi connectivity index (χ0n) is 11.7. The Morgan fingerprint density at radius 3 is 2.45 bits per heavy atom. The molecule has 0 saturated heterocycles. The molecule has 2 unspecified atom stereocenters. The van der Waals surface area contributed by atoms with E-state index in [1.165, 1.54) is 0 Å². The van der Waals surface area contributed by atoms with E-state index in [2.05, 4.69) is 9.37 Å².